The fourth-order valence-electron chi connectivity index (χ4n) is 1.34. The molecule has 0 bridgehead atoms. The van der Waals surface area contributed by atoms with Gasteiger partial charge in [-0.1, -0.05) is 22.0 Å². The van der Waals surface area contributed by atoms with E-state index < -0.39 is 39.5 Å². The van der Waals surface area contributed by atoms with Gasteiger partial charge < -0.3 is 19.5 Å². The third kappa shape index (κ3) is 4.52. The number of aromatic hydroxyl groups is 2. The first-order valence-electron chi connectivity index (χ1n) is 5.49. The minimum absolute atomic E-state index is 0.254. The largest absolute Gasteiger partial charge is 0.534 e. The van der Waals surface area contributed by atoms with Crippen molar-refractivity contribution < 1.29 is 41.1 Å². The van der Waals surface area contributed by atoms with Crippen LogP contribution in [0.5, 0.6) is 17.2 Å². The average molecular weight is 407 g/mol. The molecule has 0 unspecified atom stereocenters. The normalized spacial score (nSPS) is 13.2. The Balaban J connectivity index is 3.29. The molecule has 0 saturated heterocycles. The molecule has 11 heteroatoms. The van der Waals surface area contributed by atoms with E-state index in [0.717, 1.165) is 6.07 Å². The SMILES string of the molecule is O=S(=O)(Oc1cc(O)cc(O)c1C/C=C(/Br)CO)C(F)(F)F. The molecule has 0 spiro atoms. The number of alkyl halides is 3. The van der Waals surface area contributed by atoms with Crippen LogP contribution in [-0.4, -0.2) is 35.9 Å². The van der Waals surface area contributed by atoms with Crippen LogP contribution in [0.1, 0.15) is 5.56 Å². The van der Waals surface area contributed by atoms with E-state index in [1.54, 1.807) is 0 Å². The third-order valence-electron chi connectivity index (χ3n) is 2.33. The summed E-state index contributed by atoms with van der Waals surface area (Å²) in [6, 6.07) is 1.43. The second-order valence-corrected chi connectivity index (χ2v) is 6.49. The molecule has 0 radical (unpaired) electrons. The highest BCUT2D eigenvalue weighted by Crippen LogP contribution is 2.37. The van der Waals surface area contributed by atoms with Gasteiger partial charge in [0.25, 0.3) is 0 Å². The second-order valence-electron chi connectivity index (χ2n) is 3.94. The maximum atomic E-state index is 12.3. The lowest BCUT2D eigenvalue weighted by atomic mass is 10.1. The molecule has 1 aromatic carbocycles. The molecule has 124 valence electrons. The summed E-state index contributed by atoms with van der Waals surface area (Å²) >= 11 is 2.93. The van der Waals surface area contributed by atoms with Gasteiger partial charge in [-0.2, -0.15) is 21.6 Å². The molecule has 1 aromatic rings. The van der Waals surface area contributed by atoms with Gasteiger partial charge in [0.1, 0.15) is 11.5 Å². The molecule has 0 heterocycles. The van der Waals surface area contributed by atoms with Crippen molar-refractivity contribution in [2.45, 2.75) is 11.9 Å². The van der Waals surface area contributed by atoms with Crippen molar-refractivity contribution in [3.05, 3.63) is 28.3 Å². The standard InChI is InChI=1S/C11H10BrF3O6S/c12-6(5-16)1-2-8-9(18)3-7(17)4-10(8)21-22(19,20)11(13,14)15/h1,3-4,16-18H,2,5H2/b6-1+. The lowest BCUT2D eigenvalue weighted by molar-refractivity contribution is -0.0500. The van der Waals surface area contributed by atoms with Crippen molar-refractivity contribution in [2.24, 2.45) is 0 Å². The van der Waals surface area contributed by atoms with Crippen molar-refractivity contribution in [1.82, 2.24) is 0 Å². The molecule has 0 aliphatic carbocycles. The van der Waals surface area contributed by atoms with Crippen molar-refractivity contribution in [1.29, 1.82) is 0 Å². The first-order chi connectivity index (χ1) is 9.98. The number of hydrogen-bond donors (Lipinski definition) is 3. The van der Waals surface area contributed by atoms with E-state index in [2.05, 4.69) is 20.1 Å². The van der Waals surface area contributed by atoms with E-state index in [9.17, 15) is 31.8 Å². The van der Waals surface area contributed by atoms with Crippen LogP contribution >= 0.6 is 15.9 Å². The maximum absolute atomic E-state index is 12.3. The number of phenolic OH excluding ortho intramolecular Hbond substituents is 2. The van der Waals surface area contributed by atoms with Gasteiger partial charge in [-0.3, -0.25) is 0 Å². The Morgan fingerprint density at radius 1 is 1.32 bits per heavy atom. The Bertz CT molecular complexity index is 684. The Morgan fingerprint density at radius 3 is 2.41 bits per heavy atom. The lowest BCUT2D eigenvalue weighted by Crippen LogP contribution is -2.28. The Kier molecular flexibility index (Phi) is 5.70. The van der Waals surface area contributed by atoms with Gasteiger partial charge in [0.15, 0.2) is 5.75 Å². The van der Waals surface area contributed by atoms with Crippen molar-refractivity contribution >= 4 is 26.0 Å². The maximum Gasteiger partial charge on any atom is 0.534 e. The van der Waals surface area contributed by atoms with Gasteiger partial charge >= 0.3 is 15.6 Å². The zero-order valence-corrected chi connectivity index (χ0v) is 13.0. The van der Waals surface area contributed by atoms with Gasteiger partial charge in [-0.05, 0) is 6.42 Å². The topological polar surface area (TPSA) is 104 Å². The molecule has 1 rings (SSSR count). The predicted octanol–water partition coefficient (Wildman–Crippen LogP) is 2.14. The molecule has 0 aliphatic rings. The summed E-state index contributed by atoms with van der Waals surface area (Å²) < 4.78 is 63.2. The van der Waals surface area contributed by atoms with Gasteiger partial charge in [-0.25, -0.2) is 0 Å². The summed E-state index contributed by atoms with van der Waals surface area (Å²) in [4.78, 5) is 0. The predicted molar refractivity (Wildman–Crippen MR) is 73.2 cm³/mol. The summed E-state index contributed by atoms with van der Waals surface area (Å²) in [5, 5.41) is 27.7. The van der Waals surface area contributed by atoms with E-state index in [0.29, 0.717) is 6.07 Å². The number of rotatable bonds is 5. The first-order valence-corrected chi connectivity index (χ1v) is 7.69. The van der Waals surface area contributed by atoms with Crippen LogP contribution in [0.4, 0.5) is 13.2 Å². The number of halogens is 4. The number of hydrogen-bond acceptors (Lipinski definition) is 6. The van der Waals surface area contributed by atoms with Crippen molar-refractivity contribution in [3.63, 3.8) is 0 Å². The highest BCUT2D eigenvalue weighted by molar-refractivity contribution is 9.11. The summed E-state index contributed by atoms with van der Waals surface area (Å²) in [6.07, 6.45) is 1.02. The fourth-order valence-corrected chi connectivity index (χ4v) is 1.98. The van der Waals surface area contributed by atoms with Crippen LogP contribution in [-0.2, 0) is 16.5 Å². The highest BCUT2D eigenvalue weighted by Gasteiger charge is 2.48. The zero-order valence-electron chi connectivity index (χ0n) is 10.6. The van der Waals surface area contributed by atoms with Crippen LogP contribution in [0.25, 0.3) is 0 Å². The van der Waals surface area contributed by atoms with Gasteiger partial charge in [0.2, 0.25) is 0 Å². The number of benzene rings is 1. The molecular formula is C11H10BrF3O6S. The molecule has 0 fully saturated rings. The minimum Gasteiger partial charge on any atom is -0.508 e. The molecule has 0 saturated carbocycles. The van der Waals surface area contributed by atoms with Gasteiger partial charge in [0.05, 0.1) is 6.61 Å². The molecule has 0 aliphatic heterocycles. The van der Waals surface area contributed by atoms with E-state index in [4.69, 9.17) is 5.11 Å². The number of aliphatic hydroxyl groups excluding tert-OH is 1. The molecule has 0 aromatic heterocycles. The first kappa shape index (κ1) is 18.6. The highest BCUT2D eigenvalue weighted by atomic mass is 79.9. The minimum atomic E-state index is -5.95. The fraction of sp³-hybridized carbons (Fsp3) is 0.273. The Morgan fingerprint density at radius 2 is 1.91 bits per heavy atom. The van der Waals surface area contributed by atoms with E-state index in [-0.39, 0.29) is 16.5 Å². The number of phenols is 2. The Labute approximate surface area is 131 Å². The Hall–Kier alpha value is -1.46. The third-order valence-corrected chi connectivity index (χ3v) is 3.87. The number of allylic oxidation sites excluding steroid dienone is 1. The summed E-state index contributed by atoms with van der Waals surface area (Å²) in [5.41, 5.74) is -5.97. The summed E-state index contributed by atoms with van der Waals surface area (Å²) in [7, 11) is -5.95. The van der Waals surface area contributed by atoms with Crippen LogP contribution in [0.3, 0.4) is 0 Å². The van der Waals surface area contributed by atoms with Gasteiger partial charge in [0, 0.05) is 22.2 Å². The van der Waals surface area contributed by atoms with Crippen molar-refractivity contribution in [3.8, 4) is 17.2 Å². The lowest BCUT2D eigenvalue weighted by Gasteiger charge is -2.14. The smallest absolute Gasteiger partial charge is 0.508 e. The average Bonchev–Trinajstić information content (AvgIpc) is 2.35. The number of aliphatic hydroxyl groups is 1. The molecule has 3 N–H and O–H groups in total. The van der Waals surface area contributed by atoms with Crippen LogP contribution in [0.2, 0.25) is 0 Å². The molecule has 6 nitrogen and oxygen atoms in total. The monoisotopic (exact) mass is 406 g/mol. The summed E-state index contributed by atoms with van der Waals surface area (Å²) in [6.45, 7) is -0.407. The van der Waals surface area contributed by atoms with Gasteiger partial charge in [-0.15, -0.1) is 0 Å². The second kappa shape index (κ2) is 6.75. The molecule has 0 amide bonds. The van der Waals surface area contributed by atoms with E-state index in [1.807, 2.05) is 0 Å². The summed E-state index contributed by atoms with van der Waals surface area (Å²) in [5.74, 6) is -2.22. The quantitative estimate of drug-likeness (QED) is 0.511. The van der Waals surface area contributed by atoms with E-state index in [1.165, 1.54) is 6.08 Å². The van der Waals surface area contributed by atoms with Crippen LogP contribution < -0.4 is 4.18 Å². The zero-order chi connectivity index (χ0) is 17.1. The van der Waals surface area contributed by atoms with E-state index >= 15 is 0 Å². The van der Waals surface area contributed by atoms with Crippen molar-refractivity contribution in [2.75, 3.05) is 6.61 Å². The molecule has 22 heavy (non-hydrogen) atoms. The molecule has 0 atom stereocenters. The van der Waals surface area contributed by atoms with Crippen LogP contribution in [0, 0.1) is 0 Å². The van der Waals surface area contributed by atoms with Crippen LogP contribution in [0.15, 0.2) is 22.7 Å². The molecular weight excluding hydrogens is 397 g/mol.